The van der Waals surface area contributed by atoms with E-state index < -0.39 is 10.0 Å². The van der Waals surface area contributed by atoms with Crippen LogP contribution in [0.4, 0.5) is 4.39 Å². The summed E-state index contributed by atoms with van der Waals surface area (Å²) in [7, 11) is -3.16. The van der Waals surface area contributed by atoms with Crippen LogP contribution < -0.4 is 15.4 Å². The highest BCUT2D eigenvalue weighted by atomic mass is 32.2. The van der Waals surface area contributed by atoms with Gasteiger partial charge in [0.15, 0.2) is 5.96 Å². The van der Waals surface area contributed by atoms with E-state index in [0.29, 0.717) is 37.6 Å². The maximum absolute atomic E-state index is 13.7. The van der Waals surface area contributed by atoms with Crippen molar-refractivity contribution in [3.63, 3.8) is 0 Å². The predicted molar refractivity (Wildman–Crippen MR) is 101 cm³/mol. The van der Waals surface area contributed by atoms with Crippen molar-refractivity contribution in [3.8, 4) is 0 Å². The molecule has 8 heteroatoms. The molecule has 0 bridgehead atoms. The minimum Gasteiger partial charge on any atom is -0.357 e. The van der Waals surface area contributed by atoms with Gasteiger partial charge in [-0.3, -0.25) is 4.99 Å². The van der Waals surface area contributed by atoms with Gasteiger partial charge in [-0.25, -0.2) is 17.5 Å². The average Bonchev–Trinajstić information content (AvgIpc) is 2.57. The van der Waals surface area contributed by atoms with Gasteiger partial charge in [-0.05, 0) is 51.3 Å². The standard InChI is InChI=1S/C17H29FN4O2S/c1-5-19-17(20-10-7-11-21-25(23,24)6-2)22-14(4)15-9-8-13(3)16(18)12-15/h8-9,12,14,21H,5-7,10-11H2,1-4H3,(H2,19,20,22). The number of benzene rings is 1. The molecule has 25 heavy (non-hydrogen) atoms. The van der Waals surface area contributed by atoms with E-state index in [1.165, 1.54) is 6.07 Å². The van der Waals surface area contributed by atoms with Crippen molar-refractivity contribution in [2.75, 3.05) is 25.4 Å². The fourth-order valence-electron chi connectivity index (χ4n) is 2.09. The monoisotopic (exact) mass is 372 g/mol. The number of nitrogens with one attached hydrogen (secondary N) is 3. The second kappa shape index (κ2) is 10.4. The van der Waals surface area contributed by atoms with Crippen LogP contribution in [0.15, 0.2) is 23.2 Å². The number of nitrogens with zero attached hydrogens (tertiary/aromatic N) is 1. The summed E-state index contributed by atoms with van der Waals surface area (Å²) >= 11 is 0. The van der Waals surface area contributed by atoms with E-state index in [4.69, 9.17) is 0 Å². The van der Waals surface area contributed by atoms with Gasteiger partial charge in [-0.15, -0.1) is 0 Å². The first kappa shape index (κ1) is 21.4. The molecule has 1 atom stereocenters. The normalized spacial score (nSPS) is 13.6. The second-order valence-corrected chi connectivity index (χ2v) is 7.88. The molecule has 1 rings (SSSR count). The zero-order chi connectivity index (χ0) is 18.9. The first-order chi connectivity index (χ1) is 11.8. The van der Waals surface area contributed by atoms with E-state index in [1.54, 1.807) is 19.9 Å². The lowest BCUT2D eigenvalue weighted by Crippen LogP contribution is -2.39. The first-order valence-electron chi connectivity index (χ1n) is 8.57. The molecule has 0 amide bonds. The Morgan fingerprint density at radius 1 is 1.32 bits per heavy atom. The Hall–Kier alpha value is -1.67. The molecule has 0 radical (unpaired) electrons. The highest BCUT2D eigenvalue weighted by Crippen LogP contribution is 2.16. The van der Waals surface area contributed by atoms with Crippen molar-refractivity contribution < 1.29 is 12.8 Å². The summed E-state index contributed by atoms with van der Waals surface area (Å²) < 4.78 is 38.9. The van der Waals surface area contributed by atoms with Gasteiger partial charge >= 0.3 is 0 Å². The number of halogens is 1. The Bertz CT molecular complexity index is 677. The van der Waals surface area contributed by atoms with E-state index >= 15 is 0 Å². The molecule has 0 aliphatic rings. The minimum absolute atomic E-state index is 0.0745. The van der Waals surface area contributed by atoms with Crippen molar-refractivity contribution >= 4 is 16.0 Å². The van der Waals surface area contributed by atoms with E-state index in [1.807, 2.05) is 19.9 Å². The maximum atomic E-state index is 13.7. The van der Waals surface area contributed by atoms with Crippen LogP contribution in [0, 0.1) is 12.7 Å². The number of hydrogen-bond donors (Lipinski definition) is 3. The SMILES string of the molecule is CCNC(=NCCCNS(=O)(=O)CC)NC(C)c1ccc(C)c(F)c1. The third kappa shape index (κ3) is 7.83. The number of rotatable bonds is 9. The van der Waals surface area contributed by atoms with Crippen LogP contribution in [0.1, 0.15) is 44.4 Å². The summed E-state index contributed by atoms with van der Waals surface area (Å²) in [6, 6.07) is 5.06. The van der Waals surface area contributed by atoms with Gasteiger partial charge < -0.3 is 10.6 Å². The molecule has 1 aromatic carbocycles. The van der Waals surface area contributed by atoms with Crippen molar-refractivity contribution in [3.05, 3.63) is 35.1 Å². The third-order valence-corrected chi connectivity index (χ3v) is 5.10. The summed E-state index contributed by atoms with van der Waals surface area (Å²) in [5.74, 6) is 0.469. The molecule has 0 aliphatic carbocycles. The maximum Gasteiger partial charge on any atom is 0.211 e. The Morgan fingerprint density at radius 2 is 2.04 bits per heavy atom. The molecule has 0 spiro atoms. The van der Waals surface area contributed by atoms with Crippen molar-refractivity contribution in [2.45, 2.75) is 40.2 Å². The first-order valence-corrected chi connectivity index (χ1v) is 10.2. The lowest BCUT2D eigenvalue weighted by atomic mass is 10.1. The average molecular weight is 373 g/mol. The van der Waals surface area contributed by atoms with Crippen LogP contribution in [-0.4, -0.2) is 39.8 Å². The molecule has 6 nitrogen and oxygen atoms in total. The number of sulfonamides is 1. The molecule has 0 aliphatic heterocycles. The van der Waals surface area contributed by atoms with Crippen LogP contribution in [-0.2, 0) is 10.0 Å². The molecule has 1 unspecified atom stereocenters. The number of hydrogen-bond acceptors (Lipinski definition) is 3. The lowest BCUT2D eigenvalue weighted by molar-refractivity contribution is 0.580. The summed E-state index contributed by atoms with van der Waals surface area (Å²) in [5, 5.41) is 6.37. The molecule has 3 N–H and O–H groups in total. The smallest absolute Gasteiger partial charge is 0.211 e. The molecular weight excluding hydrogens is 343 g/mol. The summed E-state index contributed by atoms with van der Waals surface area (Å²) in [6.45, 7) is 8.77. The molecule has 0 saturated carbocycles. The molecule has 0 fully saturated rings. The Kier molecular flexibility index (Phi) is 8.85. The summed E-state index contributed by atoms with van der Waals surface area (Å²) in [5.41, 5.74) is 1.45. The van der Waals surface area contributed by atoms with Gasteiger partial charge in [-0.2, -0.15) is 0 Å². The van der Waals surface area contributed by atoms with E-state index in [9.17, 15) is 12.8 Å². The topological polar surface area (TPSA) is 82.6 Å². The van der Waals surface area contributed by atoms with E-state index in [2.05, 4.69) is 20.3 Å². The van der Waals surface area contributed by atoms with Crippen LogP contribution >= 0.6 is 0 Å². The van der Waals surface area contributed by atoms with Crippen LogP contribution in [0.25, 0.3) is 0 Å². The van der Waals surface area contributed by atoms with Crippen molar-refractivity contribution in [1.82, 2.24) is 15.4 Å². The molecular formula is C17H29FN4O2S. The lowest BCUT2D eigenvalue weighted by Gasteiger charge is -2.18. The van der Waals surface area contributed by atoms with Crippen LogP contribution in [0.2, 0.25) is 0 Å². The molecule has 0 saturated heterocycles. The second-order valence-electron chi connectivity index (χ2n) is 5.79. The van der Waals surface area contributed by atoms with Gasteiger partial charge in [0.05, 0.1) is 11.8 Å². The van der Waals surface area contributed by atoms with Crippen molar-refractivity contribution in [1.29, 1.82) is 0 Å². The molecule has 0 aromatic heterocycles. The van der Waals surface area contributed by atoms with Gasteiger partial charge in [0.1, 0.15) is 5.82 Å². The van der Waals surface area contributed by atoms with E-state index in [0.717, 1.165) is 5.56 Å². The Morgan fingerprint density at radius 3 is 2.64 bits per heavy atom. The zero-order valence-electron chi connectivity index (χ0n) is 15.4. The van der Waals surface area contributed by atoms with E-state index in [-0.39, 0.29) is 17.6 Å². The summed E-state index contributed by atoms with van der Waals surface area (Å²) in [4.78, 5) is 4.43. The predicted octanol–water partition coefficient (Wildman–Crippen LogP) is 2.08. The Labute approximate surface area is 150 Å². The number of guanidine groups is 1. The Balaban J connectivity index is 2.58. The zero-order valence-corrected chi connectivity index (χ0v) is 16.2. The fourth-order valence-corrected chi connectivity index (χ4v) is 2.75. The molecule has 1 aromatic rings. The third-order valence-electron chi connectivity index (χ3n) is 3.70. The number of aryl methyl sites for hydroxylation is 1. The van der Waals surface area contributed by atoms with Gasteiger partial charge in [0.2, 0.25) is 10.0 Å². The van der Waals surface area contributed by atoms with Crippen molar-refractivity contribution in [2.24, 2.45) is 4.99 Å². The summed E-state index contributed by atoms with van der Waals surface area (Å²) in [6.07, 6.45) is 0.601. The van der Waals surface area contributed by atoms with Gasteiger partial charge in [-0.1, -0.05) is 12.1 Å². The van der Waals surface area contributed by atoms with Crippen LogP contribution in [0.5, 0.6) is 0 Å². The highest BCUT2D eigenvalue weighted by Gasteiger charge is 2.10. The van der Waals surface area contributed by atoms with Gasteiger partial charge in [0, 0.05) is 19.6 Å². The fraction of sp³-hybridized carbons (Fsp3) is 0.588. The highest BCUT2D eigenvalue weighted by molar-refractivity contribution is 7.89. The quantitative estimate of drug-likeness (QED) is 0.352. The van der Waals surface area contributed by atoms with Crippen LogP contribution in [0.3, 0.4) is 0 Å². The molecule has 0 heterocycles. The largest absolute Gasteiger partial charge is 0.357 e. The number of aliphatic imine (C=N–C) groups is 1. The van der Waals surface area contributed by atoms with Gasteiger partial charge in [0.25, 0.3) is 0 Å². The molecule has 142 valence electrons. The minimum atomic E-state index is -3.16.